The van der Waals surface area contributed by atoms with Crippen molar-refractivity contribution in [3.63, 3.8) is 0 Å². The van der Waals surface area contributed by atoms with Gasteiger partial charge in [0.25, 0.3) is 0 Å². The quantitative estimate of drug-likeness (QED) is 0.875. The van der Waals surface area contributed by atoms with Crippen molar-refractivity contribution in [2.75, 3.05) is 0 Å². The Morgan fingerprint density at radius 2 is 1.59 bits per heavy atom. The van der Waals surface area contributed by atoms with Crippen LogP contribution in [-0.4, -0.2) is 11.1 Å². The first-order valence-electron chi connectivity index (χ1n) is 7.11. The number of halogens is 3. The highest BCUT2D eigenvalue weighted by Crippen LogP contribution is 2.31. The van der Waals surface area contributed by atoms with Crippen molar-refractivity contribution in [3.05, 3.63) is 71.3 Å². The number of quaternary nitrogens is 1. The van der Waals surface area contributed by atoms with Crippen molar-refractivity contribution in [2.45, 2.75) is 31.8 Å². The SMILES string of the molecule is C[C@H]([NH2+]Cc1ccccc1C(F)(F)F)[C@@H](O)c1ccccc1. The van der Waals surface area contributed by atoms with Gasteiger partial charge in [-0.3, -0.25) is 0 Å². The predicted octanol–water partition coefficient (Wildman–Crippen LogP) is 2.89. The fourth-order valence-electron chi connectivity index (χ4n) is 2.37. The summed E-state index contributed by atoms with van der Waals surface area (Å²) in [5.41, 5.74) is 0.366. The Hall–Kier alpha value is -1.85. The minimum atomic E-state index is -4.36. The molecule has 0 aliphatic heterocycles. The monoisotopic (exact) mass is 310 g/mol. The summed E-state index contributed by atoms with van der Waals surface area (Å²) in [7, 11) is 0. The maximum absolute atomic E-state index is 12.9. The van der Waals surface area contributed by atoms with Crippen LogP contribution in [0.5, 0.6) is 0 Å². The molecule has 118 valence electrons. The number of aliphatic hydroxyl groups is 1. The molecule has 0 amide bonds. The summed E-state index contributed by atoms with van der Waals surface area (Å²) in [6.45, 7) is 1.97. The molecule has 2 atom stereocenters. The van der Waals surface area contributed by atoms with Crippen LogP contribution in [0.2, 0.25) is 0 Å². The van der Waals surface area contributed by atoms with Gasteiger partial charge in [0.1, 0.15) is 18.7 Å². The van der Waals surface area contributed by atoms with E-state index in [0.717, 1.165) is 11.6 Å². The second-order valence-corrected chi connectivity index (χ2v) is 5.31. The van der Waals surface area contributed by atoms with Gasteiger partial charge in [0.2, 0.25) is 0 Å². The lowest BCUT2D eigenvalue weighted by molar-refractivity contribution is -0.709. The lowest BCUT2D eigenvalue weighted by Crippen LogP contribution is -2.89. The molecule has 2 rings (SSSR count). The average molecular weight is 310 g/mol. The number of aliphatic hydroxyl groups excluding tert-OH is 1. The average Bonchev–Trinajstić information content (AvgIpc) is 2.52. The zero-order valence-electron chi connectivity index (χ0n) is 12.2. The summed E-state index contributed by atoms with van der Waals surface area (Å²) in [5, 5.41) is 12.0. The number of rotatable bonds is 5. The molecule has 0 heterocycles. The minimum absolute atomic E-state index is 0.167. The Morgan fingerprint density at radius 3 is 2.23 bits per heavy atom. The Labute approximate surface area is 127 Å². The lowest BCUT2D eigenvalue weighted by atomic mass is 10.0. The van der Waals surface area contributed by atoms with Gasteiger partial charge in [0, 0.05) is 5.56 Å². The smallest absolute Gasteiger partial charge is 0.382 e. The molecule has 22 heavy (non-hydrogen) atoms. The van der Waals surface area contributed by atoms with E-state index in [9.17, 15) is 18.3 Å². The van der Waals surface area contributed by atoms with Crippen molar-refractivity contribution < 1.29 is 23.6 Å². The Kier molecular flexibility index (Phi) is 5.21. The molecule has 0 spiro atoms. The molecule has 0 aliphatic rings. The molecule has 0 radical (unpaired) electrons. The largest absolute Gasteiger partial charge is 0.416 e. The highest BCUT2D eigenvalue weighted by atomic mass is 19.4. The van der Waals surface area contributed by atoms with Crippen LogP contribution in [0.15, 0.2) is 54.6 Å². The molecule has 2 aromatic rings. The Balaban J connectivity index is 2.04. The maximum atomic E-state index is 12.9. The van der Waals surface area contributed by atoms with E-state index in [2.05, 4.69) is 0 Å². The van der Waals surface area contributed by atoms with Crippen LogP contribution in [0.3, 0.4) is 0 Å². The zero-order valence-corrected chi connectivity index (χ0v) is 12.2. The first-order valence-corrected chi connectivity index (χ1v) is 7.11. The molecule has 5 heteroatoms. The molecule has 2 nitrogen and oxygen atoms in total. The van der Waals surface area contributed by atoms with E-state index < -0.39 is 17.8 Å². The number of nitrogens with two attached hydrogens (primary N) is 1. The van der Waals surface area contributed by atoms with Gasteiger partial charge < -0.3 is 10.4 Å². The number of hydrogen-bond donors (Lipinski definition) is 2. The molecule has 0 saturated carbocycles. The highest BCUT2D eigenvalue weighted by Gasteiger charge is 2.33. The van der Waals surface area contributed by atoms with Crippen LogP contribution < -0.4 is 5.32 Å². The maximum Gasteiger partial charge on any atom is 0.416 e. The van der Waals surface area contributed by atoms with Gasteiger partial charge in [-0.15, -0.1) is 0 Å². The molecule has 0 aliphatic carbocycles. The van der Waals surface area contributed by atoms with E-state index in [4.69, 9.17) is 0 Å². The highest BCUT2D eigenvalue weighted by molar-refractivity contribution is 5.28. The third kappa shape index (κ3) is 4.08. The number of alkyl halides is 3. The second-order valence-electron chi connectivity index (χ2n) is 5.31. The van der Waals surface area contributed by atoms with E-state index >= 15 is 0 Å². The number of benzene rings is 2. The molecular formula is C17H19F3NO+. The van der Waals surface area contributed by atoms with Crippen LogP contribution in [0, 0.1) is 0 Å². The molecule has 0 unspecified atom stereocenters. The topological polar surface area (TPSA) is 36.8 Å². The van der Waals surface area contributed by atoms with Gasteiger partial charge in [-0.05, 0) is 18.6 Å². The summed E-state index contributed by atoms with van der Waals surface area (Å²) in [6, 6.07) is 14.4. The van der Waals surface area contributed by atoms with E-state index in [1.807, 2.05) is 18.2 Å². The van der Waals surface area contributed by atoms with E-state index in [-0.39, 0.29) is 18.2 Å². The third-order valence-corrected chi connectivity index (χ3v) is 3.67. The molecule has 2 aromatic carbocycles. The van der Waals surface area contributed by atoms with Gasteiger partial charge in [-0.25, -0.2) is 0 Å². The van der Waals surface area contributed by atoms with Crippen LogP contribution in [0.1, 0.15) is 29.7 Å². The summed E-state index contributed by atoms with van der Waals surface area (Å²) >= 11 is 0. The number of hydrogen-bond acceptors (Lipinski definition) is 1. The molecule has 3 N–H and O–H groups in total. The first-order chi connectivity index (χ1) is 10.4. The van der Waals surface area contributed by atoms with Gasteiger partial charge in [-0.1, -0.05) is 48.5 Å². The fourth-order valence-corrected chi connectivity index (χ4v) is 2.37. The molecule has 0 bridgehead atoms. The normalized spacial score (nSPS) is 14.6. The lowest BCUT2D eigenvalue weighted by Gasteiger charge is -2.19. The molecule has 0 aromatic heterocycles. The third-order valence-electron chi connectivity index (χ3n) is 3.67. The first kappa shape index (κ1) is 16.5. The van der Waals surface area contributed by atoms with Crippen LogP contribution in [-0.2, 0) is 12.7 Å². The predicted molar refractivity (Wildman–Crippen MR) is 77.9 cm³/mol. The Morgan fingerprint density at radius 1 is 1.00 bits per heavy atom. The van der Waals surface area contributed by atoms with E-state index in [1.165, 1.54) is 12.1 Å². The summed E-state index contributed by atoms with van der Waals surface area (Å²) in [4.78, 5) is 0. The van der Waals surface area contributed by atoms with Crippen molar-refractivity contribution in [1.29, 1.82) is 0 Å². The molecule has 0 saturated heterocycles. The van der Waals surface area contributed by atoms with E-state index in [1.54, 1.807) is 30.4 Å². The zero-order chi connectivity index (χ0) is 16.2. The minimum Gasteiger partial charge on any atom is -0.382 e. The molecule has 0 fully saturated rings. The fraction of sp³-hybridized carbons (Fsp3) is 0.294. The van der Waals surface area contributed by atoms with Crippen LogP contribution in [0.4, 0.5) is 13.2 Å². The second kappa shape index (κ2) is 6.94. The van der Waals surface area contributed by atoms with Crippen molar-refractivity contribution in [1.82, 2.24) is 0 Å². The molecular weight excluding hydrogens is 291 g/mol. The van der Waals surface area contributed by atoms with Gasteiger partial charge in [0.05, 0.1) is 5.56 Å². The van der Waals surface area contributed by atoms with Gasteiger partial charge in [0.15, 0.2) is 0 Å². The van der Waals surface area contributed by atoms with E-state index in [0.29, 0.717) is 0 Å². The van der Waals surface area contributed by atoms with Crippen molar-refractivity contribution >= 4 is 0 Å². The van der Waals surface area contributed by atoms with Gasteiger partial charge in [-0.2, -0.15) is 13.2 Å². The van der Waals surface area contributed by atoms with Crippen LogP contribution in [0.25, 0.3) is 0 Å². The van der Waals surface area contributed by atoms with Crippen molar-refractivity contribution in [2.24, 2.45) is 0 Å². The Bertz CT molecular complexity index is 598. The summed E-state index contributed by atoms with van der Waals surface area (Å²) < 4.78 is 38.8. The summed E-state index contributed by atoms with van der Waals surface area (Å²) in [6.07, 6.45) is -5.08. The summed E-state index contributed by atoms with van der Waals surface area (Å²) in [5.74, 6) is 0. The van der Waals surface area contributed by atoms with Crippen molar-refractivity contribution in [3.8, 4) is 0 Å². The van der Waals surface area contributed by atoms with Gasteiger partial charge >= 0.3 is 6.18 Å². The van der Waals surface area contributed by atoms with Crippen LogP contribution >= 0.6 is 0 Å². The standard InChI is InChI=1S/C17H18F3NO/c1-12(16(22)13-7-3-2-4-8-13)21-11-14-9-5-6-10-15(14)17(18,19)20/h2-10,12,16,21-22H,11H2,1H3/p+1/t12-,16+/m0/s1.